The summed E-state index contributed by atoms with van der Waals surface area (Å²) in [6.45, 7) is 8.40. The summed E-state index contributed by atoms with van der Waals surface area (Å²) in [7, 11) is 0. The molecule has 3 heteroatoms. The molecule has 0 fully saturated rings. The minimum atomic E-state index is 0.665. The molecule has 0 amide bonds. The van der Waals surface area contributed by atoms with Crippen LogP contribution in [-0.2, 0) is 13.1 Å². The highest BCUT2D eigenvalue weighted by molar-refractivity contribution is 5.17. The lowest BCUT2D eigenvalue weighted by Gasteiger charge is -2.16. The van der Waals surface area contributed by atoms with Gasteiger partial charge in [0.05, 0.1) is 19.4 Å². The Morgan fingerprint density at radius 3 is 2.94 bits per heavy atom. The van der Waals surface area contributed by atoms with E-state index in [1.807, 2.05) is 6.07 Å². The molecule has 1 aromatic rings. The van der Waals surface area contributed by atoms with Gasteiger partial charge in [-0.3, -0.25) is 4.90 Å². The molecule has 1 heterocycles. The van der Waals surface area contributed by atoms with E-state index < -0.39 is 0 Å². The zero-order valence-electron chi connectivity index (χ0n) is 10.1. The zero-order valence-corrected chi connectivity index (χ0v) is 10.1. The van der Waals surface area contributed by atoms with E-state index in [4.69, 9.17) is 10.8 Å². The van der Waals surface area contributed by atoms with Crippen molar-refractivity contribution < 1.29 is 4.42 Å². The van der Waals surface area contributed by atoms with Crippen molar-refractivity contribution in [2.45, 2.75) is 26.9 Å². The van der Waals surface area contributed by atoms with Gasteiger partial charge in [0.1, 0.15) is 5.76 Å². The molecule has 0 bridgehead atoms. The van der Waals surface area contributed by atoms with Crippen molar-refractivity contribution in [3.05, 3.63) is 23.7 Å². The fraction of sp³-hybridized carbons (Fsp3) is 0.538. The van der Waals surface area contributed by atoms with E-state index in [0.29, 0.717) is 6.54 Å². The number of hydrogen-bond donors (Lipinski definition) is 1. The Hall–Kier alpha value is -1.24. The summed E-state index contributed by atoms with van der Waals surface area (Å²) >= 11 is 0. The predicted molar refractivity (Wildman–Crippen MR) is 65.9 cm³/mol. The molecule has 1 rings (SSSR count). The van der Waals surface area contributed by atoms with E-state index in [0.717, 1.165) is 31.9 Å². The minimum Gasteiger partial charge on any atom is -0.468 e. The van der Waals surface area contributed by atoms with Crippen molar-refractivity contribution in [2.75, 3.05) is 19.6 Å². The average molecular weight is 220 g/mol. The van der Waals surface area contributed by atoms with Gasteiger partial charge >= 0.3 is 0 Å². The lowest BCUT2D eigenvalue weighted by Crippen LogP contribution is -2.24. The zero-order chi connectivity index (χ0) is 11.8. The van der Waals surface area contributed by atoms with Crippen LogP contribution in [-0.4, -0.2) is 24.5 Å². The monoisotopic (exact) mass is 220 g/mol. The Morgan fingerprint density at radius 1 is 1.50 bits per heavy atom. The fourth-order valence-corrected chi connectivity index (χ4v) is 1.53. The quantitative estimate of drug-likeness (QED) is 0.711. The second kappa shape index (κ2) is 7.10. The van der Waals surface area contributed by atoms with Crippen molar-refractivity contribution in [3.8, 4) is 12.3 Å². The first-order valence-corrected chi connectivity index (χ1v) is 5.73. The van der Waals surface area contributed by atoms with Gasteiger partial charge in [-0.15, -0.1) is 6.42 Å². The second-order valence-corrected chi connectivity index (χ2v) is 3.66. The van der Waals surface area contributed by atoms with Crippen LogP contribution in [0.3, 0.4) is 0 Å². The van der Waals surface area contributed by atoms with Gasteiger partial charge < -0.3 is 9.73 Å². The van der Waals surface area contributed by atoms with Gasteiger partial charge in [-0.05, 0) is 19.2 Å². The third kappa shape index (κ3) is 3.73. The molecule has 0 aliphatic rings. The Bertz CT molecular complexity index is 338. The summed E-state index contributed by atoms with van der Waals surface area (Å²) in [4.78, 5) is 2.17. The van der Waals surface area contributed by atoms with Crippen LogP contribution in [0.25, 0.3) is 0 Å². The van der Waals surface area contributed by atoms with Crippen LogP contribution in [0.1, 0.15) is 25.2 Å². The number of furan rings is 1. The number of nitrogens with one attached hydrogen (secondary N) is 1. The number of hydrogen-bond acceptors (Lipinski definition) is 3. The topological polar surface area (TPSA) is 28.4 Å². The Labute approximate surface area is 97.8 Å². The first kappa shape index (κ1) is 12.8. The van der Waals surface area contributed by atoms with Crippen molar-refractivity contribution >= 4 is 0 Å². The SMILES string of the molecule is C#CCN(CC)Cc1occc1CNCC. The standard InChI is InChI=1S/C13H20N2O/c1-4-8-15(6-3)11-13-12(7-9-16-13)10-14-5-2/h1,7,9,14H,5-6,8,10-11H2,2-3H3. The lowest BCUT2D eigenvalue weighted by molar-refractivity contribution is 0.283. The molecule has 3 nitrogen and oxygen atoms in total. The van der Waals surface area contributed by atoms with Gasteiger partial charge in [0.2, 0.25) is 0 Å². The molecule has 0 saturated heterocycles. The van der Waals surface area contributed by atoms with E-state index in [9.17, 15) is 0 Å². The number of nitrogens with zero attached hydrogens (tertiary/aromatic N) is 1. The highest BCUT2D eigenvalue weighted by Gasteiger charge is 2.09. The summed E-state index contributed by atoms with van der Waals surface area (Å²) in [5.74, 6) is 3.67. The van der Waals surface area contributed by atoms with Crippen molar-refractivity contribution in [1.82, 2.24) is 10.2 Å². The van der Waals surface area contributed by atoms with E-state index in [2.05, 4.69) is 30.0 Å². The first-order valence-electron chi connectivity index (χ1n) is 5.73. The molecular weight excluding hydrogens is 200 g/mol. The molecule has 0 radical (unpaired) electrons. The van der Waals surface area contributed by atoms with Gasteiger partial charge in [0.25, 0.3) is 0 Å². The molecule has 1 N–H and O–H groups in total. The summed E-state index contributed by atoms with van der Waals surface area (Å²) in [6, 6.07) is 2.02. The van der Waals surface area contributed by atoms with Gasteiger partial charge in [-0.25, -0.2) is 0 Å². The van der Waals surface area contributed by atoms with Crippen LogP contribution in [0.15, 0.2) is 16.7 Å². The fourth-order valence-electron chi connectivity index (χ4n) is 1.53. The van der Waals surface area contributed by atoms with Crippen molar-refractivity contribution in [3.63, 3.8) is 0 Å². The molecule has 1 aromatic heterocycles. The molecule has 88 valence electrons. The molecule has 0 saturated carbocycles. The van der Waals surface area contributed by atoms with Gasteiger partial charge in [0, 0.05) is 12.1 Å². The summed E-state index contributed by atoms with van der Waals surface area (Å²) in [5, 5.41) is 3.30. The highest BCUT2D eigenvalue weighted by Crippen LogP contribution is 2.12. The number of rotatable bonds is 7. The summed E-state index contributed by atoms with van der Waals surface area (Å²) in [5.41, 5.74) is 1.22. The molecule has 0 unspecified atom stereocenters. The Kier molecular flexibility index (Phi) is 5.69. The van der Waals surface area contributed by atoms with Gasteiger partial charge in [-0.2, -0.15) is 0 Å². The van der Waals surface area contributed by atoms with E-state index in [1.54, 1.807) is 6.26 Å². The molecule has 0 atom stereocenters. The average Bonchev–Trinajstić information content (AvgIpc) is 2.73. The summed E-state index contributed by atoms with van der Waals surface area (Å²) < 4.78 is 5.49. The van der Waals surface area contributed by atoms with E-state index in [1.165, 1.54) is 5.56 Å². The minimum absolute atomic E-state index is 0.665. The molecular formula is C13H20N2O. The maximum atomic E-state index is 5.49. The molecule has 0 spiro atoms. The maximum absolute atomic E-state index is 5.49. The lowest BCUT2D eigenvalue weighted by atomic mass is 10.2. The Morgan fingerprint density at radius 2 is 2.31 bits per heavy atom. The Balaban J connectivity index is 2.58. The third-order valence-corrected chi connectivity index (χ3v) is 2.53. The van der Waals surface area contributed by atoms with Crippen molar-refractivity contribution in [1.29, 1.82) is 0 Å². The molecule has 16 heavy (non-hydrogen) atoms. The van der Waals surface area contributed by atoms with Gasteiger partial charge in [-0.1, -0.05) is 19.8 Å². The third-order valence-electron chi connectivity index (χ3n) is 2.53. The normalized spacial score (nSPS) is 10.6. The van der Waals surface area contributed by atoms with Crippen LogP contribution in [0.5, 0.6) is 0 Å². The predicted octanol–water partition coefficient (Wildman–Crippen LogP) is 1.84. The van der Waals surface area contributed by atoms with Crippen LogP contribution in [0.4, 0.5) is 0 Å². The summed E-state index contributed by atoms with van der Waals surface area (Å²) in [6.07, 6.45) is 7.06. The smallest absolute Gasteiger partial charge is 0.122 e. The second-order valence-electron chi connectivity index (χ2n) is 3.66. The largest absolute Gasteiger partial charge is 0.468 e. The van der Waals surface area contributed by atoms with Gasteiger partial charge in [0.15, 0.2) is 0 Å². The number of terminal acetylenes is 1. The van der Waals surface area contributed by atoms with Crippen LogP contribution < -0.4 is 5.32 Å². The molecule has 0 aliphatic heterocycles. The van der Waals surface area contributed by atoms with Crippen molar-refractivity contribution in [2.24, 2.45) is 0 Å². The first-order chi connectivity index (χ1) is 7.81. The van der Waals surface area contributed by atoms with E-state index in [-0.39, 0.29) is 0 Å². The molecule has 0 aliphatic carbocycles. The molecule has 0 aromatic carbocycles. The highest BCUT2D eigenvalue weighted by atomic mass is 16.3. The maximum Gasteiger partial charge on any atom is 0.122 e. The van der Waals surface area contributed by atoms with Crippen LogP contribution >= 0.6 is 0 Å². The van der Waals surface area contributed by atoms with E-state index >= 15 is 0 Å². The van der Waals surface area contributed by atoms with Crippen LogP contribution in [0, 0.1) is 12.3 Å². The van der Waals surface area contributed by atoms with Crippen LogP contribution in [0.2, 0.25) is 0 Å².